The van der Waals surface area contributed by atoms with Crippen molar-refractivity contribution in [3.8, 4) is 0 Å². The first-order valence-corrected chi connectivity index (χ1v) is 12.3. The molecule has 0 N–H and O–H groups in total. The molecule has 0 saturated carbocycles. The molecule has 0 radical (unpaired) electrons. The second-order valence-corrected chi connectivity index (χ2v) is 9.54. The Morgan fingerprint density at radius 1 is 1.16 bits per heavy atom. The van der Waals surface area contributed by atoms with E-state index in [1.54, 1.807) is 29.2 Å². The van der Waals surface area contributed by atoms with E-state index in [0.29, 0.717) is 58.5 Å². The van der Waals surface area contributed by atoms with Gasteiger partial charge in [0, 0.05) is 38.1 Å². The van der Waals surface area contributed by atoms with Gasteiger partial charge < -0.3 is 9.47 Å². The third-order valence-corrected chi connectivity index (χ3v) is 6.93. The highest BCUT2D eigenvalue weighted by molar-refractivity contribution is 6.35. The monoisotopic (exact) mass is 557 g/mol. The molecule has 6 nitrogen and oxygen atoms in total. The van der Waals surface area contributed by atoms with Crippen molar-refractivity contribution < 1.29 is 36.4 Å². The number of fused-ring (bicyclic) bond motifs is 1. The summed E-state index contributed by atoms with van der Waals surface area (Å²) in [5.74, 6) is -1.71. The molecule has 0 bridgehead atoms. The van der Waals surface area contributed by atoms with Crippen LogP contribution in [0.3, 0.4) is 0 Å². The highest BCUT2D eigenvalue weighted by Gasteiger charge is 2.30. The van der Waals surface area contributed by atoms with Gasteiger partial charge >= 0.3 is 6.36 Å². The zero-order valence-electron chi connectivity index (χ0n) is 20.4. The normalized spacial score (nSPS) is 14.8. The van der Waals surface area contributed by atoms with Crippen LogP contribution in [0.1, 0.15) is 47.2 Å². The Bertz CT molecular complexity index is 1340. The zero-order chi connectivity index (χ0) is 27.6. The van der Waals surface area contributed by atoms with Crippen LogP contribution in [-0.2, 0) is 22.6 Å². The number of halogens is 6. The van der Waals surface area contributed by atoms with Crippen molar-refractivity contribution in [1.29, 1.82) is 0 Å². The second-order valence-electron chi connectivity index (χ2n) is 9.13. The van der Waals surface area contributed by atoms with Crippen LogP contribution in [0.15, 0.2) is 42.6 Å². The summed E-state index contributed by atoms with van der Waals surface area (Å²) in [7, 11) is 0. The molecule has 2 aromatic carbocycles. The molecule has 2 heterocycles. The maximum Gasteiger partial charge on any atom is 0.522 e. The number of rotatable bonds is 7. The summed E-state index contributed by atoms with van der Waals surface area (Å²) in [5.41, 5.74) is 1.59. The lowest BCUT2D eigenvalue weighted by Crippen LogP contribution is -2.38. The summed E-state index contributed by atoms with van der Waals surface area (Å²) in [6.45, 7) is 0.638. The van der Waals surface area contributed by atoms with E-state index in [1.807, 2.05) is 0 Å². The topological polar surface area (TPSA) is 54.8 Å². The van der Waals surface area contributed by atoms with Gasteiger partial charge in [-0.2, -0.15) is 5.12 Å². The van der Waals surface area contributed by atoms with Crippen LogP contribution in [0.25, 0.3) is 10.9 Å². The van der Waals surface area contributed by atoms with Crippen LogP contribution in [0.2, 0.25) is 5.02 Å². The van der Waals surface area contributed by atoms with Crippen LogP contribution >= 0.6 is 11.6 Å². The first kappa shape index (κ1) is 27.8. The van der Waals surface area contributed by atoms with Gasteiger partial charge in [-0.3, -0.25) is 14.3 Å². The maximum atomic E-state index is 14.6. The van der Waals surface area contributed by atoms with E-state index in [1.165, 1.54) is 22.9 Å². The largest absolute Gasteiger partial charge is 0.522 e. The number of hydrogen-bond acceptors (Lipinski definition) is 3. The summed E-state index contributed by atoms with van der Waals surface area (Å²) < 4.78 is 71.0. The molecule has 1 saturated heterocycles. The molecule has 12 heteroatoms. The molecular weight excluding hydrogens is 533 g/mol. The van der Waals surface area contributed by atoms with Gasteiger partial charge in [0.15, 0.2) is 0 Å². The molecule has 1 aliphatic heterocycles. The number of nitrogens with zero attached hydrogens (tertiary/aromatic N) is 3. The van der Waals surface area contributed by atoms with Crippen molar-refractivity contribution >= 4 is 34.3 Å². The van der Waals surface area contributed by atoms with E-state index in [0.717, 1.165) is 6.92 Å². The molecule has 0 aliphatic carbocycles. The average molecular weight is 558 g/mol. The summed E-state index contributed by atoms with van der Waals surface area (Å²) in [5, 5.41) is 0.854. The van der Waals surface area contributed by atoms with Gasteiger partial charge in [-0.05, 0) is 42.0 Å². The number of piperidine rings is 1. The lowest BCUT2D eigenvalue weighted by molar-refractivity contribution is -0.325. The molecule has 1 aliphatic rings. The van der Waals surface area contributed by atoms with Crippen LogP contribution in [0.4, 0.5) is 22.0 Å². The molecule has 3 aromatic rings. The standard InChI is InChI=1S/C26H25ClF5N3O3/c1-16(36)35(32)14-17-5-6-23(28)20(13-17)18-7-9-33(10-8-18)25(37)21-15-34(11-12-38-26(29,30)31)24-19(21)3-2-4-22(24)27/h2-6,13,15,18H,7-12,14H2,1H3. The van der Waals surface area contributed by atoms with Crippen molar-refractivity contribution in [3.05, 3.63) is 70.1 Å². The smallest absolute Gasteiger partial charge is 0.343 e. The van der Waals surface area contributed by atoms with Crippen molar-refractivity contribution in [2.24, 2.45) is 0 Å². The summed E-state index contributed by atoms with van der Waals surface area (Å²) >= 11 is 6.31. The fourth-order valence-electron chi connectivity index (χ4n) is 4.76. The van der Waals surface area contributed by atoms with Crippen LogP contribution in [0.5, 0.6) is 0 Å². The molecule has 38 heavy (non-hydrogen) atoms. The van der Waals surface area contributed by atoms with E-state index in [-0.39, 0.29) is 30.0 Å². The SMILES string of the molecule is CC(=O)N(F)Cc1ccc(F)c(C2CCN(C(=O)c3cn(CCOC(F)(F)F)c4c(Cl)cccc34)CC2)c1. The number of hydrogen-bond donors (Lipinski definition) is 0. The Kier molecular flexibility index (Phi) is 8.27. The number of likely N-dealkylation sites (tertiary alicyclic amines) is 1. The minimum absolute atomic E-state index is 0.0518. The van der Waals surface area contributed by atoms with Gasteiger partial charge in [0.1, 0.15) is 5.82 Å². The van der Waals surface area contributed by atoms with Gasteiger partial charge in [0.05, 0.1) is 29.3 Å². The van der Waals surface area contributed by atoms with Crippen molar-refractivity contribution in [2.45, 2.75) is 45.1 Å². The molecule has 4 rings (SSSR count). The maximum absolute atomic E-state index is 14.6. The third-order valence-electron chi connectivity index (χ3n) is 6.62. The minimum atomic E-state index is -4.77. The first-order chi connectivity index (χ1) is 17.9. The zero-order valence-corrected chi connectivity index (χ0v) is 21.2. The van der Waals surface area contributed by atoms with Gasteiger partial charge in [-0.1, -0.05) is 40.3 Å². The van der Waals surface area contributed by atoms with E-state index < -0.39 is 24.7 Å². The lowest BCUT2D eigenvalue weighted by atomic mass is 9.88. The van der Waals surface area contributed by atoms with E-state index in [9.17, 15) is 31.6 Å². The molecule has 0 unspecified atom stereocenters. The van der Waals surface area contributed by atoms with E-state index in [2.05, 4.69) is 4.74 Å². The number of benzene rings is 2. The fourth-order valence-corrected chi connectivity index (χ4v) is 5.04. The average Bonchev–Trinajstić information content (AvgIpc) is 3.24. The molecule has 1 aromatic heterocycles. The Labute approximate surface area is 220 Å². The van der Waals surface area contributed by atoms with Crippen LogP contribution in [-0.4, -0.2) is 52.5 Å². The highest BCUT2D eigenvalue weighted by Crippen LogP contribution is 2.34. The van der Waals surface area contributed by atoms with Gasteiger partial charge in [-0.25, -0.2) is 4.39 Å². The molecule has 2 amide bonds. The fraction of sp³-hybridized carbons (Fsp3) is 0.385. The minimum Gasteiger partial charge on any atom is -0.343 e. The van der Waals surface area contributed by atoms with Crippen molar-refractivity contribution in [1.82, 2.24) is 14.6 Å². The number of aromatic nitrogens is 1. The molecular formula is C26H25ClF5N3O3. The first-order valence-electron chi connectivity index (χ1n) is 11.9. The molecule has 0 atom stereocenters. The van der Waals surface area contributed by atoms with Crippen LogP contribution in [0, 0.1) is 5.82 Å². The van der Waals surface area contributed by atoms with E-state index >= 15 is 0 Å². The van der Waals surface area contributed by atoms with Gasteiger partial charge in [0.2, 0.25) is 5.91 Å². The lowest BCUT2D eigenvalue weighted by Gasteiger charge is -2.32. The number of para-hydroxylation sites is 1. The quantitative estimate of drug-likeness (QED) is 0.256. The predicted molar refractivity (Wildman–Crippen MR) is 131 cm³/mol. The summed E-state index contributed by atoms with van der Waals surface area (Å²) in [4.78, 5) is 26.2. The Morgan fingerprint density at radius 3 is 2.53 bits per heavy atom. The van der Waals surface area contributed by atoms with Crippen molar-refractivity contribution in [3.63, 3.8) is 0 Å². The number of carbonyl (C=O) groups is 2. The van der Waals surface area contributed by atoms with Gasteiger partial charge in [-0.15, -0.1) is 13.2 Å². The molecule has 204 valence electrons. The van der Waals surface area contributed by atoms with Gasteiger partial charge in [0.25, 0.3) is 5.91 Å². The Balaban J connectivity index is 1.49. The number of ether oxygens (including phenoxy) is 1. The number of alkyl halides is 3. The molecule has 0 spiro atoms. The summed E-state index contributed by atoms with van der Waals surface area (Å²) in [6, 6.07) is 9.14. The third kappa shape index (κ3) is 6.27. The molecule has 1 fully saturated rings. The number of amides is 2. The van der Waals surface area contributed by atoms with Crippen molar-refractivity contribution in [2.75, 3.05) is 19.7 Å². The Hall–Kier alpha value is -3.18. The highest BCUT2D eigenvalue weighted by atomic mass is 35.5. The number of carbonyl (C=O) groups excluding carboxylic acids is 2. The predicted octanol–water partition coefficient (Wildman–Crippen LogP) is 6.22. The van der Waals surface area contributed by atoms with E-state index in [4.69, 9.17) is 11.6 Å². The second kappa shape index (κ2) is 11.3. The Morgan fingerprint density at radius 2 is 1.87 bits per heavy atom. The van der Waals surface area contributed by atoms with Crippen LogP contribution < -0.4 is 0 Å². The summed E-state index contributed by atoms with van der Waals surface area (Å²) in [6.07, 6.45) is -2.38.